The first-order chi connectivity index (χ1) is 16.6. The Balaban J connectivity index is 1.53. The third-order valence-corrected chi connectivity index (χ3v) is 7.47. The molecule has 3 aromatic carbocycles. The first-order valence-corrected chi connectivity index (χ1v) is 12.4. The third-order valence-electron chi connectivity index (χ3n) is 7.47. The van der Waals surface area contributed by atoms with Gasteiger partial charge in [-0.05, 0) is 81.8 Å². The summed E-state index contributed by atoms with van der Waals surface area (Å²) < 4.78 is 6.38. The molecule has 2 heteroatoms. The van der Waals surface area contributed by atoms with E-state index >= 15 is 0 Å². The Morgan fingerprint density at radius 2 is 1.66 bits per heavy atom. The SMILES string of the molecule is Cc1ccc2cc(C3=Cc4ccnc(-c5cc(C(C)(C)C)c6ccccc6c5)c4C3(C)C)oc2c1. The maximum absolute atomic E-state index is 6.38. The monoisotopic (exact) mass is 457 g/mol. The summed E-state index contributed by atoms with van der Waals surface area (Å²) in [4.78, 5) is 4.96. The summed E-state index contributed by atoms with van der Waals surface area (Å²) >= 11 is 0. The van der Waals surface area contributed by atoms with Crippen molar-refractivity contribution in [2.45, 2.75) is 52.4 Å². The largest absolute Gasteiger partial charge is 0.456 e. The van der Waals surface area contributed by atoms with Gasteiger partial charge in [0.1, 0.15) is 11.3 Å². The minimum Gasteiger partial charge on any atom is -0.456 e. The predicted octanol–water partition coefficient (Wildman–Crippen LogP) is 9.09. The average Bonchev–Trinajstić information content (AvgIpc) is 3.35. The van der Waals surface area contributed by atoms with Crippen molar-refractivity contribution in [3.8, 4) is 11.3 Å². The predicted molar refractivity (Wildman–Crippen MR) is 148 cm³/mol. The summed E-state index contributed by atoms with van der Waals surface area (Å²) in [6.45, 7) is 13.5. The molecule has 0 N–H and O–H groups in total. The molecule has 2 nitrogen and oxygen atoms in total. The molecule has 0 atom stereocenters. The Labute approximate surface area is 207 Å². The number of nitrogens with zero attached hydrogens (tertiary/aromatic N) is 1. The second-order valence-electron chi connectivity index (χ2n) is 11.5. The lowest BCUT2D eigenvalue weighted by Gasteiger charge is -2.27. The lowest BCUT2D eigenvalue weighted by atomic mass is 9.77. The molecule has 174 valence electrons. The maximum atomic E-state index is 6.38. The number of furan rings is 1. The number of aromatic nitrogens is 1. The van der Waals surface area contributed by atoms with Crippen molar-refractivity contribution < 1.29 is 4.42 Å². The quantitative estimate of drug-likeness (QED) is 0.264. The molecule has 0 saturated carbocycles. The molecule has 0 fully saturated rings. The van der Waals surface area contributed by atoms with Gasteiger partial charge < -0.3 is 4.42 Å². The summed E-state index contributed by atoms with van der Waals surface area (Å²) in [5, 5.41) is 3.71. The van der Waals surface area contributed by atoms with E-state index in [9.17, 15) is 0 Å². The minimum atomic E-state index is -0.241. The van der Waals surface area contributed by atoms with Crippen molar-refractivity contribution in [1.82, 2.24) is 4.98 Å². The second-order valence-corrected chi connectivity index (χ2v) is 11.5. The van der Waals surface area contributed by atoms with Gasteiger partial charge in [0.05, 0.1) is 5.69 Å². The number of fused-ring (bicyclic) bond motifs is 3. The van der Waals surface area contributed by atoms with Crippen LogP contribution in [0.2, 0.25) is 0 Å². The van der Waals surface area contributed by atoms with E-state index in [-0.39, 0.29) is 10.8 Å². The van der Waals surface area contributed by atoms with Crippen molar-refractivity contribution in [2.24, 2.45) is 0 Å². The van der Waals surface area contributed by atoms with Crippen LogP contribution in [0.1, 0.15) is 62.6 Å². The Morgan fingerprint density at radius 1 is 0.857 bits per heavy atom. The van der Waals surface area contributed by atoms with Crippen LogP contribution in [0.5, 0.6) is 0 Å². The standard InChI is InChI=1S/C33H31NO/c1-20-11-12-22-19-29(35-28(22)15-20)27-17-23-13-14-34-31(30(23)33(27,5)6)24-16-21-9-7-8-10-25(21)26(18-24)32(2,3)4/h7-19H,1-6H3. The molecule has 0 bridgehead atoms. The summed E-state index contributed by atoms with van der Waals surface area (Å²) in [5.74, 6) is 0.937. The summed E-state index contributed by atoms with van der Waals surface area (Å²) in [6, 6.07) is 24.0. The van der Waals surface area contributed by atoms with Crippen LogP contribution in [0.15, 0.2) is 77.3 Å². The Morgan fingerprint density at radius 3 is 2.46 bits per heavy atom. The molecule has 2 aromatic heterocycles. The van der Waals surface area contributed by atoms with E-state index in [1.807, 2.05) is 6.20 Å². The molecule has 0 unspecified atom stereocenters. The first-order valence-electron chi connectivity index (χ1n) is 12.4. The van der Waals surface area contributed by atoms with Crippen molar-refractivity contribution in [3.05, 3.63) is 101 Å². The van der Waals surface area contributed by atoms with E-state index in [2.05, 4.69) is 114 Å². The number of hydrogen-bond acceptors (Lipinski definition) is 2. The molecule has 35 heavy (non-hydrogen) atoms. The Hall–Kier alpha value is -3.65. The van der Waals surface area contributed by atoms with Crippen LogP contribution >= 0.6 is 0 Å². The molecule has 0 amide bonds. The van der Waals surface area contributed by atoms with Crippen LogP contribution in [0, 0.1) is 6.92 Å². The van der Waals surface area contributed by atoms with Crippen molar-refractivity contribution in [1.29, 1.82) is 0 Å². The number of rotatable bonds is 2. The molecular weight excluding hydrogens is 426 g/mol. The van der Waals surface area contributed by atoms with Gasteiger partial charge in [-0.2, -0.15) is 0 Å². The van der Waals surface area contributed by atoms with Gasteiger partial charge in [-0.25, -0.2) is 0 Å². The summed E-state index contributed by atoms with van der Waals surface area (Å²) in [7, 11) is 0. The minimum absolute atomic E-state index is 0.0267. The van der Waals surface area contributed by atoms with Gasteiger partial charge in [0.2, 0.25) is 0 Å². The highest BCUT2D eigenvalue weighted by Gasteiger charge is 2.38. The highest BCUT2D eigenvalue weighted by atomic mass is 16.3. The fourth-order valence-corrected chi connectivity index (χ4v) is 5.66. The number of aryl methyl sites for hydroxylation is 1. The van der Waals surface area contributed by atoms with Crippen LogP contribution < -0.4 is 0 Å². The van der Waals surface area contributed by atoms with E-state index in [1.54, 1.807) is 0 Å². The lowest BCUT2D eigenvalue weighted by molar-refractivity contribution is 0.577. The molecule has 1 aliphatic carbocycles. The molecular formula is C33H31NO. The first kappa shape index (κ1) is 21.9. The molecule has 5 aromatic rings. The molecule has 0 spiro atoms. The fraction of sp³-hybridized carbons (Fsp3) is 0.242. The van der Waals surface area contributed by atoms with Crippen molar-refractivity contribution >= 4 is 33.4 Å². The maximum Gasteiger partial charge on any atom is 0.135 e. The Kier molecular flexibility index (Phi) is 4.63. The molecule has 2 heterocycles. The normalized spacial score (nSPS) is 15.0. The average molecular weight is 458 g/mol. The van der Waals surface area contributed by atoms with Gasteiger partial charge in [0, 0.05) is 28.1 Å². The van der Waals surface area contributed by atoms with Gasteiger partial charge >= 0.3 is 0 Å². The molecule has 0 aliphatic heterocycles. The number of benzene rings is 3. The highest BCUT2D eigenvalue weighted by Crippen LogP contribution is 2.50. The topological polar surface area (TPSA) is 26.0 Å². The number of hydrogen-bond donors (Lipinski definition) is 0. The van der Waals surface area contributed by atoms with Crippen LogP contribution in [0.4, 0.5) is 0 Å². The van der Waals surface area contributed by atoms with Crippen LogP contribution in [0.3, 0.4) is 0 Å². The van der Waals surface area contributed by atoms with Crippen LogP contribution in [-0.2, 0) is 10.8 Å². The zero-order valence-electron chi connectivity index (χ0n) is 21.4. The summed E-state index contributed by atoms with van der Waals surface area (Å²) in [6.07, 6.45) is 4.23. The van der Waals surface area contributed by atoms with Gasteiger partial charge in [0.15, 0.2) is 0 Å². The molecule has 6 rings (SSSR count). The second kappa shape index (κ2) is 7.42. The van der Waals surface area contributed by atoms with E-state index in [0.717, 1.165) is 22.4 Å². The van der Waals surface area contributed by atoms with Gasteiger partial charge in [0.25, 0.3) is 0 Å². The highest BCUT2D eigenvalue weighted by molar-refractivity contribution is 5.98. The number of allylic oxidation sites excluding steroid dienone is 1. The smallest absolute Gasteiger partial charge is 0.135 e. The van der Waals surface area contributed by atoms with Gasteiger partial charge in [-0.1, -0.05) is 71.0 Å². The van der Waals surface area contributed by atoms with E-state index in [1.165, 1.54) is 44.2 Å². The Bertz CT molecular complexity index is 1660. The van der Waals surface area contributed by atoms with Crippen LogP contribution in [-0.4, -0.2) is 4.98 Å². The van der Waals surface area contributed by atoms with Crippen molar-refractivity contribution in [3.63, 3.8) is 0 Å². The lowest BCUT2D eigenvalue weighted by Crippen LogP contribution is -2.18. The van der Waals surface area contributed by atoms with Crippen molar-refractivity contribution in [2.75, 3.05) is 0 Å². The number of pyridine rings is 1. The summed E-state index contributed by atoms with van der Waals surface area (Å²) in [5.41, 5.74) is 9.20. The fourth-order valence-electron chi connectivity index (χ4n) is 5.66. The van der Waals surface area contributed by atoms with Crippen LogP contribution in [0.25, 0.3) is 44.6 Å². The van der Waals surface area contributed by atoms with E-state index < -0.39 is 0 Å². The zero-order valence-corrected chi connectivity index (χ0v) is 21.4. The van der Waals surface area contributed by atoms with Gasteiger partial charge in [-0.3, -0.25) is 4.98 Å². The van der Waals surface area contributed by atoms with E-state index in [0.29, 0.717) is 0 Å². The molecule has 0 saturated heterocycles. The molecule has 1 aliphatic rings. The molecule has 0 radical (unpaired) electrons. The zero-order chi connectivity index (χ0) is 24.5. The van der Waals surface area contributed by atoms with Gasteiger partial charge in [-0.15, -0.1) is 0 Å². The van der Waals surface area contributed by atoms with E-state index in [4.69, 9.17) is 9.40 Å². The third kappa shape index (κ3) is 3.43.